The Balaban J connectivity index is 0. The van der Waals surface area contributed by atoms with Gasteiger partial charge in [-0.3, -0.25) is 0 Å². The number of aliphatic hydroxyl groups is 2. The molecule has 0 fully saturated rings. The van der Waals surface area contributed by atoms with Crippen molar-refractivity contribution in [1.29, 1.82) is 0 Å². The van der Waals surface area contributed by atoms with Crippen molar-refractivity contribution in [1.82, 2.24) is 0 Å². The summed E-state index contributed by atoms with van der Waals surface area (Å²) in [4.78, 5) is 21.3. The molecule has 2 N–H and O–H groups in total. The van der Waals surface area contributed by atoms with Crippen molar-refractivity contribution in [2.45, 2.75) is 51.9 Å². The minimum atomic E-state index is -0.364. The van der Waals surface area contributed by atoms with Gasteiger partial charge in [-0.05, 0) is 45.4 Å². The minimum absolute atomic E-state index is 0.203. The van der Waals surface area contributed by atoms with E-state index in [2.05, 4.69) is 13.2 Å². The third-order valence-electron chi connectivity index (χ3n) is 2.85. The molecule has 140 valence electrons. The molecule has 0 heterocycles. The van der Waals surface area contributed by atoms with Crippen LogP contribution >= 0.6 is 0 Å². The third-order valence-corrected chi connectivity index (χ3v) is 2.85. The highest BCUT2D eigenvalue weighted by Gasteiger charge is 2.01. The highest BCUT2D eigenvalue weighted by Crippen LogP contribution is 1.99. The van der Waals surface area contributed by atoms with Crippen LogP contribution in [-0.2, 0) is 19.1 Å². The molecule has 0 amide bonds. The molecular weight excluding hydrogens is 312 g/mol. The molecule has 0 spiro atoms. The Morgan fingerprint density at radius 1 is 0.875 bits per heavy atom. The van der Waals surface area contributed by atoms with E-state index in [9.17, 15) is 9.59 Å². The lowest BCUT2D eigenvalue weighted by Crippen LogP contribution is -2.06. The van der Waals surface area contributed by atoms with Crippen molar-refractivity contribution in [3.05, 3.63) is 24.8 Å². The average molecular weight is 344 g/mol. The highest BCUT2D eigenvalue weighted by atomic mass is 16.5. The van der Waals surface area contributed by atoms with Crippen LogP contribution in [0.4, 0.5) is 0 Å². The fourth-order valence-corrected chi connectivity index (χ4v) is 1.48. The lowest BCUT2D eigenvalue weighted by molar-refractivity contribution is -0.139. The van der Waals surface area contributed by atoms with Gasteiger partial charge in [-0.1, -0.05) is 19.6 Å². The van der Waals surface area contributed by atoms with Crippen LogP contribution in [0.25, 0.3) is 0 Å². The van der Waals surface area contributed by atoms with Gasteiger partial charge in [0.2, 0.25) is 0 Å². The van der Waals surface area contributed by atoms with Crippen LogP contribution in [0.3, 0.4) is 0 Å². The fraction of sp³-hybridized carbons (Fsp3) is 0.667. The van der Waals surface area contributed by atoms with Gasteiger partial charge in [-0.15, -0.1) is 0 Å². The van der Waals surface area contributed by atoms with Crippen molar-refractivity contribution in [2.75, 3.05) is 26.4 Å². The molecule has 0 rings (SSSR count). The number of unbranched alkanes of at least 4 members (excludes halogenated alkanes) is 5. The first kappa shape index (κ1) is 24.6. The molecule has 0 aliphatic heterocycles. The molecule has 0 bridgehead atoms. The van der Waals surface area contributed by atoms with Crippen molar-refractivity contribution in [3.63, 3.8) is 0 Å². The van der Waals surface area contributed by atoms with E-state index in [-0.39, 0.29) is 25.2 Å². The Hall–Kier alpha value is -1.66. The largest absolute Gasteiger partial charge is 0.463 e. The summed E-state index contributed by atoms with van der Waals surface area (Å²) in [5.74, 6) is -0.698. The summed E-state index contributed by atoms with van der Waals surface area (Å²) in [5.41, 5.74) is 0.428. The second-order valence-corrected chi connectivity index (χ2v) is 5.21. The number of esters is 2. The van der Waals surface area contributed by atoms with Crippen molar-refractivity contribution >= 4 is 11.9 Å². The number of carbonyl (C=O) groups is 2. The molecule has 0 aromatic heterocycles. The number of hydrogen-bond donors (Lipinski definition) is 2. The first-order valence-corrected chi connectivity index (χ1v) is 8.33. The second kappa shape index (κ2) is 19.4. The van der Waals surface area contributed by atoms with Crippen molar-refractivity contribution < 1.29 is 29.3 Å². The van der Waals surface area contributed by atoms with Gasteiger partial charge >= 0.3 is 11.9 Å². The number of aliphatic hydroxyl groups excluding tert-OH is 2. The van der Waals surface area contributed by atoms with Gasteiger partial charge in [0.1, 0.15) is 0 Å². The monoisotopic (exact) mass is 344 g/mol. The molecule has 0 atom stereocenters. The van der Waals surface area contributed by atoms with E-state index in [0.717, 1.165) is 51.0 Å². The summed E-state index contributed by atoms with van der Waals surface area (Å²) in [6, 6.07) is 0. The van der Waals surface area contributed by atoms with Crippen LogP contribution in [0, 0.1) is 0 Å². The molecule has 0 unspecified atom stereocenters. The zero-order chi connectivity index (χ0) is 18.6. The van der Waals surface area contributed by atoms with Crippen LogP contribution < -0.4 is 0 Å². The van der Waals surface area contributed by atoms with Gasteiger partial charge in [0.25, 0.3) is 0 Å². The van der Waals surface area contributed by atoms with Crippen LogP contribution in [0.5, 0.6) is 0 Å². The first-order chi connectivity index (χ1) is 11.5. The molecule has 24 heavy (non-hydrogen) atoms. The lowest BCUT2D eigenvalue weighted by atomic mass is 10.2. The molecule has 6 heteroatoms. The van der Waals surface area contributed by atoms with Crippen LogP contribution in [0.2, 0.25) is 0 Å². The zero-order valence-electron chi connectivity index (χ0n) is 14.8. The molecule has 0 radical (unpaired) electrons. The Bertz CT molecular complexity index is 349. The predicted molar refractivity (Wildman–Crippen MR) is 93.4 cm³/mol. The summed E-state index contributed by atoms with van der Waals surface area (Å²) in [6.07, 6.45) is 7.29. The molecule has 0 aromatic carbocycles. The summed E-state index contributed by atoms with van der Waals surface area (Å²) in [5, 5.41) is 16.9. The van der Waals surface area contributed by atoms with Crippen LogP contribution in [0.1, 0.15) is 51.9 Å². The topological polar surface area (TPSA) is 93.1 Å². The normalized spacial score (nSPS) is 9.46. The molecular formula is C18H32O6. The summed E-state index contributed by atoms with van der Waals surface area (Å²) >= 11 is 0. The summed E-state index contributed by atoms with van der Waals surface area (Å²) < 4.78 is 9.58. The molecule has 0 saturated heterocycles. The standard InChI is InChI=1S/2C9H16O3/c1-8(2)9(11)12-7-5-3-4-6-10;1-2-9(11)12-8-6-4-3-5-7-10/h10H,1,3-7H2,2H3;2,10H,1,3-8H2. The maximum Gasteiger partial charge on any atom is 0.333 e. The van der Waals surface area contributed by atoms with Crippen LogP contribution in [0.15, 0.2) is 24.8 Å². The average Bonchev–Trinajstić information content (AvgIpc) is 2.57. The van der Waals surface area contributed by atoms with E-state index in [0.29, 0.717) is 18.8 Å². The third kappa shape index (κ3) is 20.3. The van der Waals surface area contributed by atoms with E-state index in [1.54, 1.807) is 6.92 Å². The van der Waals surface area contributed by atoms with Gasteiger partial charge in [-0.25, -0.2) is 9.59 Å². The minimum Gasteiger partial charge on any atom is -0.463 e. The SMILES string of the molecule is C=C(C)C(=O)OCCCCCO.C=CC(=O)OCCCCCCO. The smallest absolute Gasteiger partial charge is 0.333 e. The Morgan fingerprint density at radius 2 is 1.33 bits per heavy atom. The van der Waals surface area contributed by atoms with Crippen molar-refractivity contribution in [3.8, 4) is 0 Å². The summed E-state index contributed by atoms with van der Waals surface area (Å²) in [6.45, 7) is 9.68. The van der Waals surface area contributed by atoms with Gasteiger partial charge in [0.05, 0.1) is 13.2 Å². The molecule has 0 aromatic rings. The van der Waals surface area contributed by atoms with E-state index in [1.165, 1.54) is 0 Å². The van der Waals surface area contributed by atoms with E-state index in [4.69, 9.17) is 19.7 Å². The zero-order valence-corrected chi connectivity index (χ0v) is 14.8. The first-order valence-electron chi connectivity index (χ1n) is 8.33. The molecule has 0 saturated carbocycles. The van der Waals surface area contributed by atoms with Gasteiger partial charge in [-0.2, -0.15) is 0 Å². The van der Waals surface area contributed by atoms with E-state index in [1.807, 2.05) is 0 Å². The molecule has 6 nitrogen and oxygen atoms in total. The fourth-order valence-electron chi connectivity index (χ4n) is 1.48. The Morgan fingerprint density at radius 3 is 1.79 bits per heavy atom. The van der Waals surface area contributed by atoms with Crippen LogP contribution in [-0.4, -0.2) is 48.6 Å². The number of carbonyl (C=O) groups excluding carboxylic acids is 2. The maximum atomic E-state index is 10.8. The Labute approximate surface area is 145 Å². The lowest BCUT2D eigenvalue weighted by Gasteiger charge is -2.02. The van der Waals surface area contributed by atoms with Gasteiger partial charge in [0.15, 0.2) is 0 Å². The van der Waals surface area contributed by atoms with E-state index >= 15 is 0 Å². The molecule has 0 aliphatic carbocycles. The van der Waals surface area contributed by atoms with Gasteiger partial charge in [0, 0.05) is 24.9 Å². The quantitative estimate of drug-likeness (QED) is 0.303. The number of ether oxygens (including phenoxy) is 2. The maximum absolute atomic E-state index is 10.8. The van der Waals surface area contributed by atoms with E-state index < -0.39 is 0 Å². The predicted octanol–water partition coefficient (Wildman–Crippen LogP) is 2.54. The highest BCUT2D eigenvalue weighted by molar-refractivity contribution is 5.86. The van der Waals surface area contributed by atoms with Gasteiger partial charge < -0.3 is 19.7 Å². The number of rotatable bonds is 13. The summed E-state index contributed by atoms with van der Waals surface area (Å²) in [7, 11) is 0. The second-order valence-electron chi connectivity index (χ2n) is 5.21. The van der Waals surface area contributed by atoms with Crippen molar-refractivity contribution in [2.24, 2.45) is 0 Å². The number of hydrogen-bond acceptors (Lipinski definition) is 6. The Kier molecular flexibility index (Phi) is 19.9. The molecule has 0 aliphatic rings.